The summed E-state index contributed by atoms with van der Waals surface area (Å²) in [6, 6.07) is 8.21. The zero-order chi connectivity index (χ0) is 9.42. The molecule has 0 aliphatic rings. The van der Waals surface area contributed by atoms with Gasteiger partial charge in [-0.3, -0.25) is 0 Å². The van der Waals surface area contributed by atoms with Crippen LogP contribution in [0.1, 0.15) is 10.4 Å². The molecule has 0 atom stereocenters. The van der Waals surface area contributed by atoms with Crippen molar-refractivity contribution in [1.29, 1.82) is 5.26 Å². The number of rotatable bonds is 0. The quantitative estimate of drug-likeness (QED) is 0.698. The van der Waals surface area contributed by atoms with Crippen LogP contribution in [-0.4, -0.2) is 0 Å². The van der Waals surface area contributed by atoms with E-state index in [2.05, 4.69) is 35.0 Å². The maximum absolute atomic E-state index is 8.91. The Hall–Kier alpha value is -0.850. The maximum Gasteiger partial charge on any atom is 0.101 e. The summed E-state index contributed by atoms with van der Waals surface area (Å²) < 4.78 is 2.05. The SMILES string of the molecule is Cc1cc2cc(Br)cc(C#N)c2s1. The lowest BCUT2D eigenvalue weighted by Crippen LogP contribution is -1.74. The monoisotopic (exact) mass is 251 g/mol. The number of benzene rings is 1. The average molecular weight is 252 g/mol. The predicted octanol–water partition coefficient (Wildman–Crippen LogP) is 3.84. The van der Waals surface area contributed by atoms with Crippen molar-refractivity contribution in [1.82, 2.24) is 0 Å². The molecular weight excluding hydrogens is 246 g/mol. The van der Waals surface area contributed by atoms with Crippen molar-refractivity contribution < 1.29 is 0 Å². The highest BCUT2D eigenvalue weighted by Crippen LogP contribution is 2.30. The van der Waals surface area contributed by atoms with Crippen LogP contribution in [0, 0.1) is 18.3 Å². The Morgan fingerprint density at radius 2 is 2.15 bits per heavy atom. The van der Waals surface area contributed by atoms with Crippen molar-refractivity contribution in [3.8, 4) is 6.07 Å². The number of fused-ring (bicyclic) bond motifs is 1. The van der Waals surface area contributed by atoms with Gasteiger partial charge in [-0.2, -0.15) is 5.26 Å². The molecule has 64 valence electrons. The van der Waals surface area contributed by atoms with Crippen molar-refractivity contribution in [2.45, 2.75) is 6.92 Å². The molecule has 1 heterocycles. The summed E-state index contributed by atoms with van der Waals surface area (Å²) in [6.45, 7) is 2.06. The lowest BCUT2D eigenvalue weighted by molar-refractivity contribution is 1.50. The summed E-state index contributed by atoms with van der Waals surface area (Å²) in [5, 5.41) is 10.1. The van der Waals surface area contributed by atoms with Crippen LogP contribution in [0.3, 0.4) is 0 Å². The highest BCUT2D eigenvalue weighted by atomic mass is 79.9. The fraction of sp³-hybridized carbons (Fsp3) is 0.100. The van der Waals surface area contributed by atoms with Gasteiger partial charge in [-0.15, -0.1) is 11.3 Å². The molecule has 1 nitrogen and oxygen atoms in total. The third-order valence-electron chi connectivity index (χ3n) is 1.82. The van der Waals surface area contributed by atoms with Crippen LogP contribution in [0.25, 0.3) is 10.1 Å². The Morgan fingerprint density at radius 1 is 1.38 bits per heavy atom. The molecule has 0 radical (unpaired) electrons. The van der Waals surface area contributed by atoms with Gasteiger partial charge in [-0.25, -0.2) is 0 Å². The maximum atomic E-state index is 8.91. The second-order valence-corrected chi connectivity index (χ2v) is 5.01. The van der Waals surface area contributed by atoms with E-state index in [0.717, 1.165) is 20.1 Å². The van der Waals surface area contributed by atoms with Gasteiger partial charge >= 0.3 is 0 Å². The van der Waals surface area contributed by atoms with E-state index in [4.69, 9.17) is 5.26 Å². The first-order chi connectivity index (χ1) is 6.20. The first-order valence-electron chi connectivity index (χ1n) is 3.80. The number of hydrogen-bond acceptors (Lipinski definition) is 2. The van der Waals surface area contributed by atoms with Gasteiger partial charge in [0, 0.05) is 9.35 Å². The number of thiophene rings is 1. The van der Waals surface area contributed by atoms with Crippen molar-refractivity contribution in [2.24, 2.45) is 0 Å². The summed E-state index contributed by atoms with van der Waals surface area (Å²) in [5.41, 5.74) is 0.752. The van der Waals surface area contributed by atoms with E-state index in [-0.39, 0.29) is 0 Å². The van der Waals surface area contributed by atoms with Gasteiger partial charge in [0.05, 0.1) is 10.3 Å². The van der Waals surface area contributed by atoms with E-state index in [1.165, 1.54) is 4.88 Å². The highest BCUT2D eigenvalue weighted by Gasteiger charge is 2.05. The molecule has 13 heavy (non-hydrogen) atoms. The van der Waals surface area contributed by atoms with Gasteiger partial charge in [0.15, 0.2) is 0 Å². The molecule has 0 unspecified atom stereocenters. The average Bonchev–Trinajstić information content (AvgIpc) is 2.43. The molecule has 3 heteroatoms. The molecule has 0 fully saturated rings. The number of nitriles is 1. The second kappa shape index (κ2) is 3.13. The van der Waals surface area contributed by atoms with Crippen molar-refractivity contribution in [2.75, 3.05) is 0 Å². The molecule has 0 N–H and O–H groups in total. The Bertz CT molecular complexity index is 507. The molecular formula is C10H6BrNS. The standard InChI is InChI=1S/C10H6BrNS/c1-6-2-7-3-9(11)4-8(5-12)10(7)13-6/h2-4H,1H3. The minimum atomic E-state index is 0.752. The molecule has 0 bridgehead atoms. The Labute approximate surface area is 88.7 Å². The zero-order valence-electron chi connectivity index (χ0n) is 6.97. The fourth-order valence-electron chi connectivity index (χ4n) is 1.33. The van der Waals surface area contributed by atoms with Crippen LogP contribution in [0.15, 0.2) is 22.7 Å². The van der Waals surface area contributed by atoms with Crippen molar-refractivity contribution in [3.05, 3.63) is 33.1 Å². The summed E-state index contributed by atoms with van der Waals surface area (Å²) in [7, 11) is 0. The van der Waals surface area contributed by atoms with E-state index in [9.17, 15) is 0 Å². The zero-order valence-corrected chi connectivity index (χ0v) is 9.37. The molecule has 0 spiro atoms. The summed E-state index contributed by atoms with van der Waals surface area (Å²) in [6.07, 6.45) is 0. The lowest BCUT2D eigenvalue weighted by Gasteiger charge is -1.93. The largest absolute Gasteiger partial charge is 0.192 e. The normalized spacial score (nSPS) is 10.2. The van der Waals surface area contributed by atoms with E-state index in [0.29, 0.717) is 0 Å². The second-order valence-electron chi connectivity index (χ2n) is 2.84. The smallest absolute Gasteiger partial charge is 0.101 e. The fourth-order valence-corrected chi connectivity index (χ4v) is 2.76. The third kappa shape index (κ3) is 1.48. The minimum absolute atomic E-state index is 0.752. The third-order valence-corrected chi connectivity index (χ3v) is 3.38. The van der Waals surface area contributed by atoms with Crippen LogP contribution in [0.2, 0.25) is 0 Å². The molecule has 2 rings (SSSR count). The van der Waals surface area contributed by atoms with Gasteiger partial charge in [-0.1, -0.05) is 15.9 Å². The predicted molar refractivity (Wildman–Crippen MR) is 59.0 cm³/mol. The van der Waals surface area contributed by atoms with Crippen LogP contribution >= 0.6 is 27.3 Å². The van der Waals surface area contributed by atoms with Crippen LogP contribution in [0.4, 0.5) is 0 Å². The van der Waals surface area contributed by atoms with Gasteiger partial charge < -0.3 is 0 Å². The van der Waals surface area contributed by atoms with E-state index in [1.54, 1.807) is 11.3 Å². The van der Waals surface area contributed by atoms with Crippen molar-refractivity contribution >= 4 is 37.4 Å². The topological polar surface area (TPSA) is 23.8 Å². The molecule has 2 aromatic rings. The first kappa shape index (κ1) is 8.74. The Balaban J connectivity index is 2.90. The molecule has 0 saturated heterocycles. The molecule has 1 aromatic carbocycles. The van der Waals surface area contributed by atoms with Gasteiger partial charge in [0.1, 0.15) is 6.07 Å². The molecule has 0 aliphatic carbocycles. The number of hydrogen-bond donors (Lipinski definition) is 0. The molecule has 0 aliphatic heterocycles. The first-order valence-corrected chi connectivity index (χ1v) is 5.41. The lowest BCUT2D eigenvalue weighted by atomic mass is 10.2. The van der Waals surface area contributed by atoms with Gasteiger partial charge in [0.2, 0.25) is 0 Å². The molecule has 1 aromatic heterocycles. The molecule has 0 saturated carbocycles. The number of aryl methyl sites for hydroxylation is 1. The Kier molecular flexibility index (Phi) is 2.10. The van der Waals surface area contributed by atoms with Gasteiger partial charge in [0.25, 0.3) is 0 Å². The van der Waals surface area contributed by atoms with Crippen LogP contribution in [0.5, 0.6) is 0 Å². The molecule has 0 amide bonds. The summed E-state index contributed by atoms with van der Waals surface area (Å²) in [4.78, 5) is 1.24. The highest BCUT2D eigenvalue weighted by molar-refractivity contribution is 9.10. The van der Waals surface area contributed by atoms with E-state index < -0.39 is 0 Å². The minimum Gasteiger partial charge on any atom is -0.192 e. The summed E-state index contributed by atoms with van der Waals surface area (Å²) in [5.74, 6) is 0. The summed E-state index contributed by atoms with van der Waals surface area (Å²) >= 11 is 5.06. The van der Waals surface area contributed by atoms with Gasteiger partial charge in [-0.05, 0) is 30.5 Å². The number of nitrogens with zero attached hydrogens (tertiary/aromatic N) is 1. The van der Waals surface area contributed by atoms with Crippen LogP contribution < -0.4 is 0 Å². The van der Waals surface area contributed by atoms with E-state index >= 15 is 0 Å². The van der Waals surface area contributed by atoms with E-state index in [1.807, 2.05) is 12.1 Å². The Morgan fingerprint density at radius 3 is 2.85 bits per heavy atom. The van der Waals surface area contributed by atoms with Crippen LogP contribution in [-0.2, 0) is 0 Å². The van der Waals surface area contributed by atoms with Crippen molar-refractivity contribution in [3.63, 3.8) is 0 Å². The number of halogens is 1.